The first-order valence-corrected chi connectivity index (χ1v) is 7.49. The lowest BCUT2D eigenvalue weighted by Gasteiger charge is -2.12. The first-order chi connectivity index (χ1) is 11.8. The highest BCUT2D eigenvalue weighted by Gasteiger charge is 2.33. The van der Waals surface area contributed by atoms with Gasteiger partial charge in [-0.2, -0.15) is 13.2 Å². The van der Waals surface area contributed by atoms with Crippen LogP contribution in [0.1, 0.15) is 33.0 Å². The third kappa shape index (κ3) is 3.35. The van der Waals surface area contributed by atoms with E-state index < -0.39 is 23.6 Å². The predicted octanol–water partition coefficient (Wildman–Crippen LogP) is 3.77. The molecule has 3 rings (SSSR count). The van der Waals surface area contributed by atoms with E-state index >= 15 is 0 Å². The largest absolute Gasteiger partial charge is 0.465 e. The third-order valence-electron chi connectivity index (χ3n) is 4.12. The van der Waals surface area contributed by atoms with Gasteiger partial charge in [0.05, 0.1) is 24.2 Å². The van der Waals surface area contributed by atoms with E-state index in [1.165, 1.54) is 25.3 Å². The van der Waals surface area contributed by atoms with Crippen molar-refractivity contribution in [3.8, 4) is 0 Å². The van der Waals surface area contributed by atoms with Crippen LogP contribution in [0.25, 0.3) is 0 Å². The Hall–Kier alpha value is -2.83. The number of alkyl halides is 3. The molecule has 0 bridgehead atoms. The number of hydrogen-bond donors (Lipinski definition) is 1. The van der Waals surface area contributed by atoms with Gasteiger partial charge in [-0.15, -0.1) is 0 Å². The number of rotatable bonds is 3. The van der Waals surface area contributed by atoms with Gasteiger partial charge >= 0.3 is 12.1 Å². The highest BCUT2D eigenvalue weighted by Crippen LogP contribution is 2.36. The molecule has 1 N–H and O–H groups in total. The van der Waals surface area contributed by atoms with Crippen LogP contribution in [0.15, 0.2) is 42.5 Å². The number of ether oxygens (including phenoxy) is 1. The number of nitrogens with one attached hydrogen (secondary N) is 1. The van der Waals surface area contributed by atoms with Crippen molar-refractivity contribution in [2.45, 2.75) is 18.5 Å². The van der Waals surface area contributed by atoms with E-state index in [0.29, 0.717) is 22.4 Å². The second-order valence-electron chi connectivity index (χ2n) is 5.74. The average Bonchev–Trinajstić information content (AvgIpc) is 2.88. The van der Waals surface area contributed by atoms with Crippen molar-refractivity contribution in [3.63, 3.8) is 0 Å². The van der Waals surface area contributed by atoms with E-state index in [4.69, 9.17) is 0 Å². The lowest BCUT2D eigenvalue weighted by molar-refractivity contribution is -0.137. The maximum Gasteiger partial charge on any atom is 0.416 e. The fourth-order valence-corrected chi connectivity index (χ4v) is 2.89. The summed E-state index contributed by atoms with van der Waals surface area (Å²) in [5.41, 5.74) is 1.09. The molecule has 4 nitrogen and oxygen atoms in total. The molecule has 0 saturated carbocycles. The molecule has 0 aromatic heterocycles. The molecule has 1 aliphatic rings. The van der Waals surface area contributed by atoms with Crippen LogP contribution in [-0.4, -0.2) is 19.0 Å². The Labute approximate surface area is 141 Å². The number of anilines is 1. The zero-order valence-corrected chi connectivity index (χ0v) is 13.2. The van der Waals surface area contributed by atoms with Crippen molar-refractivity contribution in [1.82, 2.24) is 0 Å². The molecule has 1 amide bonds. The van der Waals surface area contributed by atoms with Crippen molar-refractivity contribution in [2.24, 2.45) is 0 Å². The van der Waals surface area contributed by atoms with Crippen LogP contribution in [0.2, 0.25) is 0 Å². The summed E-state index contributed by atoms with van der Waals surface area (Å²) in [5.74, 6) is -1.45. The highest BCUT2D eigenvalue weighted by molar-refractivity contribution is 6.04. The standard InChI is InChI=1S/C18H14F3NO3/c1-25-17(24)11-5-6-13-14(16(23)22-15(13)9-11)8-10-3-2-4-12(7-10)18(19,20)21/h2-7,9,14H,8H2,1H3,(H,22,23). The summed E-state index contributed by atoms with van der Waals surface area (Å²) in [7, 11) is 1.25. The first kappa shape index (κ1) is 17.0. The van der Waals surface area contributed by atoms with Gasteiger partial charge in [0.2, 0.25) is 5.91 Å². The fourth-order valence-electron chi connectivity index (χ4n) is 2.89. The molecule has 7 heteroatoms. The maximum atomic E-state index is 12.8. The zero-order valence-electron chi connectivity index (χ0n) is 13.2. The number of amides is 1. The Morgan fingerprint density at radius 2 is 1.96 bits per heavy atom. The number of methoxy groups -OCH3 is 1. The van der Waals surface area contributed by atoms with Crippen LogP contribution in [0, 0.1) is 0 Å². The molecule has 2 aromatic carbocycles. The predicted molar refractivity (Wildman–Crippen MR) is 84.3 cm³/mol. The summed E-state index contributed by atoms with van der Waals surface area (Å²) in [6.45, 7) is 0. The van der Waals surface area contributed by atoms with Gasteiger partial charge in [0.15, 0.2) is 0 Å². The number of hydrogen-bond acceptors (Lipinski definition) is 3. The number of carbonyl (C=O) groups excluding carboxylic acids is 2. The lowest BCUT2D eigenvalue weighted by atomic mass is 9.92. The fraction of sp³-hybridized carbons (Fsp3) is 0.222. The van der Waals surface area contributed by atoms with Gasteiger partial charge in [-0.3, -0.25) is 4.79 Å². The van der Waals surface area contributed by atoms with Crippen molar-refractivity contribution in [2.75, 3.05) is 12.4 Å². The Morgan fingerprint density at radius 3 is 2.64 bits per heavy atom. The van der Waals surface area contributed by atoms with Crippen molar-refractivity contribution in [3.05, 3.63) is 64.7 Å². The van der Waals surface area contributed by atoms with Crippen LogP contribution < -0.4 is 5.32 Å². The van der Waals surface area contributed by atoms with Crippen molar-refractivity contribution < 1.29 is 27.5 Å². The summed E-state index contributed by atoms with van der Waals surface area (Å²) in [6.07, 6.45) is -4.29. The molecule has 130 valence electrons. The lowest BCUT2D eigenvalue weighted by Crippen LogP contribution is -2.14. The number of carbonyl (C=O) groups is 2. The van der Waals surface area contributed by atoms with Crippen LogP contribution in [0.5, 0.6) is 0 Å². The SMILES string of the molecule is COC(=O)c1ccc2c(c1)NC(=O)C2Cc1cccc(C(F)(F)F)c1. The molecular weight excluding hydrogens is 335 g/mol. The second-order valence-corrected chi connectivity index (χ2v) is 5.74. The number of benzene rings is 2. The van der Waals surface area contributed by atoms with E-state index in [9.17, 15) is 22.8 Å². The molecular formula is C18H14F3NO3. The number of fused-ring (bicyclic) bond motifs is 1. The minimum absolute atomic E-state index is 0.139. The summed E-state index contributed by atoms with van der Waals surface area (Å²) in [5, 5.41) is 2.66. The van der Waals surface area contributed by atoms with E-state index in [1.54, 1.807) is 12.1 Å². The highest BCUT2D eigenvalue weighted by atomic mass is 19.4. The van der Waals surface area contributed by atoms with Gasteiger partial charge in [-0.05, 0) is 35.7 Å². The molecule has 0 radical (unpaired) electrons. The van der Waals surface area contributed by atoms with E-state index in [2.05, 4.69) is 10.1 Å². The zero-order chi connectivity index (χ0) is 18.2. The monoisotopic (exact) mass is 349 g/mol. The summed E-state index contributed by atoms with van der Waals surface area (Å²) in [4.78, 5) is 23.8. The summed E-state index contributed by atoms with van der Waals surface area (Å²) >= 11 is 0. The minimum Gasteiger partial charge on any atom is -0.465 e. The van der Waals surface area contributed by atoms with Crippen LogP contribution in [0.4, 0.5) is 18.9 Å². The quantitative estimate of drug-likeness (QED) is 0.858. The molecule has 2 aromatic rings. The second kappa shape index (κ2) is 6.23. The smallest absolute Gasteiger partial charge is 0.416 e. The third-order valence-corrected chi connectivity index (χ3v) is 4.12. The Bertz CT molecular complexity index is 846. The van der Waals surface area contributed by atoms with Crippen molar-refractivity contribution >= 4 is 17.6 Å². The van der Waals surface area contributed by atoms with Crippen molar-refractivity contribution in [1.29, 1.82) is 0 Å². The Balaban J connectivity index is 1.88. The molecule has 1 atom stereocenters. The summed E-state index contributed by atoms with van der Waals surface area (Å²) < 4.78 is 43.1. The Morgan fingerprint density at radius 1 is 1.20 bits per heavy atom. The van der Waals surface area contributed by atoms with Gasteiger partial charge in [0.1, 0.15) is 0 Å². The van der Waals surface area contributed by atoms with Crippen LogP contribution >= 0.6 is 0 Å². The molecule has 0 fully saturated rings. The molecule has 1 unspecified atom stereocenters. The van der Waals surface area contributed by atoms with E-state index in [-0.39, 0.29) is 12.3 Å². The maximum absolute atomic E-state index is 12.8. The number of esters is 1. The minimum atomic E-state index is -4.43. The van der Waals surface area contributed by atoms with E-state index in [0.717, 1.165) is 12.1 Å². The van der Waals surface area contributed by atoms with Gasteiger partial charge in [-0.25, -0.2) is 4.79 Å². The molecule has 25 heavy (non-hydrogen) atoms. The normalized spacial score (nSPS) is 16.3. The molecule has 1 aliphatic heterocycles. The van der Waals surface area contributed by atoms with Gasteiger partial charge in [-0.1, -0.05) is 24.3 Å². The molecule has 1 heterocycles. The van der Waals surface area contributed by atoms with E-state index in [1.807, 2.05) is 0 Å². The molecule has 0 spiro atoms. The number of halogens is 3. The molecule has 0 saturated heterocycles. The summed E-state index contributed by atoms with van der Waals surface area (Å²) in [6, 6.07) is 9.59. The van der Waals surface area contributed by atoms with Crippen LogP contribution in [-0.2, 0) is 22.1 Å². The van der Waals surface area contributed by atoms with Gasteiger partial charge < -0.3 is 10.1 Å². The van der Waals surface area contributed by atoms with Gasteiger partial charge in [0, 0.05) is 5.69 Å². The average molecular weight is 349 g/mol. The van der Waals surface area contributed by atoms with Gasteiger partial charge in [0.25, 0.3) is 0 Å². The van der Waals surface area contributed by atoms with Crippen LogP contribution in [0.3, 0.4) is 0 Å². The molecule has 0 aliphatic carbocycles. The Kier molecular flexibility index (Phi) is 4.24. The first-order valence-electron chi connectivity index (χ1n) is 7.49. The topological polar surface area (TPSA) is 55.4 Å².